The van der Waals surface area contributed by atoms with Gasteiger partial charge in [0.2, 0.25) is 6.79 Å². The molecule has 3 rings (SSSR count). The van der Waals surface area contributed by atoms with E-state index in [1.54, 1.807) is 22.8 Å². The van der Waals surface area contributed by atoms with Crippen LogP contribution in [0.25, 0.3) is 5.69 Å². The first-order valence-electron chi connectivity index (χ1n) is 4.91. The van der Waals surface area contributed by atoms with Gasteiger partial charge in [-0.1, -0.05) is 0 Å². The average Bonchev–Trinajstić information content (AvgIpc) is 2.97. The maximum atomic E-state index is 10.7. The summed E-state index contributed by atoms with van der Waals surface area (Å²) in [4.78, 5) is 14.5. The summed E-state index contributed by atoms with van der Waals surface area (Å²) in [6.45, 7) is 0.211. The number of aromatic nitrogens is 2. The van der Waals surface area contributed by atoms with Crippen LogP contribution in [0.15, 0.2) is 30.7 Å². The van der Waals surface area contributed by atoms with Crippen LogP contribution in [0.1, 0.15) is 10.5 Å². The van der Waals surface area contributed by atoms with Crippen molar-refractivity contribution >= 4 is 5.97 Å². The molecule has 6 nitrogen and oxygen atoms in total. The molecular formula is C11H8N2O4. The maximum absolute atomic E-state index is 10.7. The summed E-state index contributed by atoms with van der Waals surface area (Å²) in [6, 6.07) is 5.36. The van der Waals surface area contributed by atoms with Crippen LogP contribution in [0.4, 0.5) is 0 Å². The maximum Gasteiger partial charge on any atom is 0.356 e. The highest BCUT2D eigenvalue weighted by atomic mass is 16.7. The topological polar surface area (TPSA) is 73.6 Å². The van der Waals surface area contributed by atoms with Gasteiger partial charge in [0, 0.05) is 12.3 Å². The SMILES string of the molecule is O=C(O)c1cn(-c2ccc3c(c2)OCO3)cn1. The van der Waals surface area contributed by atoms with E-state index < -0.39 is 5.97 Å². The van der Waals surface area contributed by atoms with Gasteiger partial charge in [-0.2, -0.15) is 0 Å². The molecular weight excluding hydrogens is 224 g/mol. The van der Waals surface area contributed by atoms with Crippen LogP contribution in [0, 0.1) is 0 Å². The van der Waals surface area contributed by atoms with Crippen LogP contribution in [0.3, 0.4) is 0 Å². The molecule has 1 N–H and O–H groups in total. The molecule has 1 aliphatic rings. The summed E-state index contributed by atoms with van der Waals surface area (Å²) >= 11 is 0. The summed E-state index contributed by atoms with van der Waals surface area (Å²) in [6.07, 6.45) is 2.89. The molecule has 0 spiro atoms. The highest BCUT2D eigenvalue weighted by Crippen LogP contribution is 2.33. The molecule has 0 saturated carbocycles. The number of imidazole rings is 1. The molecule has 1 aromatic carbocycles. The fourth-order valence-corrected chi connectivity index (χ4v) is 1.62. The number of hydrogen-bond donors (Lipinski definition) is 1. The van der Waals surface area contributed by atoms with Crippen LogP contribution in [-0.4, -0.2) is 27.4 Å². The lowest BCUT2D eigenvalue weighted by atomic mass is 10.3. The third kappa shape index (κ3) is 1.59. The molecule has 0 atom stereocenters. The van der Waals surface area contributed by atoms with E-state index in [0.717, 1.165) is 5.69 Å². The highest BCUT2D eigenvalue weighted by molar-refractivity contribution is 5.85. The average molecular weight is 232 g/mol. The van der Waals surface area contributed by atoms with E-state index in [4.69, 9.17) is 14.6 Å². The van der Waals surface area contributed by atoms with E-state index in [1.807, 2.05) is 0 Å². The van der Waals surface area contributed by atoms with Crippen molar-refractivity contribution in [1.82, 2.24) is 9.55 Å². The van der Waals surface area contributed by atoms with Gasteiger partial charge in [-0.15, -0.1) is 0 Å². The number of carboxylic acid groups (broad SMARTS) is 1. The first-order valence-corrected chi connectivity index (χ1v) is 4.91. The van der Waals surface area contributed by atoms with Crippen molar-refractivity contribution in [3.8, 4) is 17.2 Å². The quantitative estimate of drug-likeness (QED) is 0.844. The van der Waals surface area contributed by atoms with E-state index in [-0.39, 0.29) is 12.5 Å². The summed E-state index contributed by atoms with van der Waals surface area (Å²) in [5.74, 6) is 0.282. The van der Waals surface area contributed by atoms with Gasteiger partial charge in [0.05, 0.1) is 5.69 Å². The highest BCUT2D eigenvalue weighted by Gasteiger charge is 2.14. The molecule has 1 aromatic heterocycles. The summed E-state index contributed by atoms with van der Waals surface area (Å²) < 4.78 is 12.1. The Morgan fingerprint density at radius 2 is 2.18 bits per heavy atom. The van der Waals surface area contributed by atoms with Crippen LogP contribution >= 0.6 is 0 Å². The molecule has 17 heavy (non-hydrogen) atoms. The molecule has 2 heterocycles. The Hall–Kier alpha value is -2.50. The van der Waals surface area contributed by atoms with Gasteiger partial charge in [0.15, 0.2) is 17.2 Å². The van der Waals surface area contributed by atoms with E-state index in [0.29, 0.717) is 11.5 Å². The van der Waals surface area contributed by atoms with Crippen molar-refractivity contribution in [3.63, 3.8) is 0 Å². The predicted octanol–water partition coefficient (Wildman–Crippen LogP) is 1.30. The summed E-state index contributed by atoms with van der Waals surface area (Å²) in [5, 5.41) is 8.78. The number of ether oxygens (including phenoxy) is 2. The largest absolute Gasteiger partial charge is 0.476 e. The van der Waals surface area contributed by atoms with Gasteiger partial charge < -0.3 is 19.1 Å². The zero-order valence-corrected chi connectivity index (χ0v) is 8.66. The zero-order chi connectivity index (χ0) is 11.8. The standard InChI is InChI=1S/C11H8N2O4/c14-11(15)8-4-13(5-12-8)7-1-2-9-10(3-7)17-6-16-9/h1-5H,6H2,(H,14,15). The van der Waals surface area contributed by atoms with Crippen LogP contribution in [-0.2, 0) is 0 Å². The number of carboxylic acids is 1. The molecule has 86 valence electrons. The van der Waals surface area contributed by atoms with E-state index >= 15 is 0 Å². The molecule has 0 aliphatic carbocycles. The molecule has 0 radical (unpaired) electrons. The molecule has 0 unspecified atom stereocenters. The minimum Gasteiger partial charge on any atom is -0.476 e. The van der Waals surface area contributed by atoms with Crippen molar-refractivity contribution in [2.45, 2.75) is 0 Å². The van der Waals surface area contributed by atoms with Gasteiger partial charge in [-0.05, 0) is 12.1 Å². The zero-order valence-electron chi connectivity index (χ0n) is 8.66. The predicted molar refractivity (Wildman–Crippen MR) is 56.6 cm³/mol. The fourth-order valence-electron chi connectivity index (χ4n) is 1.62. The van der Waals surface area contributed by atoms with Gasteiger partial charge in [0.1, 0.15) is 6.33 Å². The van der Waals surface area contributed by atoms with Gasteiger partial charge in [-0.25, -0.2) is 9.78 Å². The second kappa shape index (κ2) is 3.51. The number of carbonyl (C=O) groups is 1. The van der Waals surface area contributed by atoms with E-state index in [1.165, 1.54) is 12.5 Å². The van der Waals surface area contributed by atoms with Gasteiger partial charge in [0.25, 0.3) is 0 Å². The van der Waals surface area contributed by atoms with E-state index in [2.05, 4.69) is 4.98 Å². The first kappa shape index (κ1) is 9.71. The Kier molecular flexibility index (Phi) is 2.01. The molecule has 1 aliphatic heterocycles. The Labute approximate surface area is 96.0 Å². The third-order valence-corrected chi connectivity index (χ3v) is 2.46. The Balaban J connectivity index is 2.00. The lowest BCUT2D eigenvalue weighted by Crippen LogP contribution is -1.96. The minimum absolute atomic E-state index is 0.00247. The fraction of sp³-hybridized carbons (Fsp3) is 0.0909. The Morgan fingerprint density at radius 3 is 2.94 bits per heavy atom. The Bertz CT molecular complexity index is 591. The molecule has 0 amide bonds. The molecule has 0 fully saturated rings. The second-order valence-corrected chi connectivity index (χ2v) is 3.51. The molecule has 2 aromatic rings. The third-order valence-electron chi connectivity index (χ3n) is 2.46. The van der Waals surface area contributed by atoms with Crippen LogP contribution in [0.2, 0.25) is 0 Å². The van der Waals surface area contributed by atoms with Crippen molar-refractivity contribution in [1.29, 1.82) is 0 Å². The Morgan fingerprint density at radius 1 is 1.35 bits per heavy atom. The monoisotopic (exact) mass is 232 g/mol. The number of rotatable bonds is 2. The van der Waals surface area contributed by atoms with Crippen LogP contribution in [0.5, 0.6) is 11.5 Å². The first-order chi connectivity index (χ1) is 8.24. The summed E-state index contributed by atoms with van der Waals surface area (Å²) in [5.41, 5.74) is 0.775. The van der Waals surface area contributed by atoms with Gasteiger partial charge >= 0.3 is 5.97 Å². The number of fused-ring (bicyclic) bond motifs is 1. The number of benzene rings is 1. The number of nitrogens with zero attached hydrogens (tertiary/aromatic N) is 2. The normalized spacial score (nSPS) is 12.7. The minimum atomic E-state index is -1.05. The molecule has 0 bridgehead atoms. The second-order valence-electron chi connectivity index (χ2n) is 3.51. The van der Waals surface area contributed by atoms with Crippen molar-refractivity contribution < 1.29 is 19.4 Å². The van der Waals surface area contributed by atoms with Crippen molar-refractivity contribution in [3.05, 3.63) is 36.4 Å². The number of aromatic carboxylic acids is 1. The van der Waals surface area contributed by atoms with E-state index in [9.17, 15) is 4.79 Å². The lowest BCUT2D eigenvalue weighted by molar-refractivity contribution is 0.0691. The lowest BCUT2D eigenvalue weighted by Gasteiger charge is -2.02. The van der Waals surface area contributed by atoms with Crippen LogP contribution < -0.4 is 9.47 Å². The summed E-state index contributed by atoms with van der Waals surface area (Å²) in [7, 11) is 0. The number of hydrogen-bond acceptors (Lipinski definition) is 4. The van der Waals surface area contributed by atoms with Crippen molar-refractivity contribution in [2.24, 2.45) is 0 Å². The smallest absolute Gasteiger partial charge is 0.356 e. The molecule has 0 saturated heterocycles. The molecule has 6 heteroatoms. The van der Waals surface area contributed by atoms with Crippen molar-refractivity contribution in [2.75, 3.05) is 6.79 Å². The van der Waals surface area contributed by atoms with Gasteiger partial charge in [-0.3, -0.25) is 0 Å².